The van der Waals surface area contributed by atoms with Gasteiger partial charge in [0.2, 0.25) is 0 Å². The summed E-state index contributed by atoms with van der Waals surface area (Å²) in [5.41, 5.74) is 1.81. The summed E-state index contributed by atoms with van der Waals surface area (Å²) < 4.78 is 34.0. The summed E-state index contributed by atoms with van der Waals surface area (Å²) in [4.78, 5) is 23.3. The predicted octanol–water partition coefficient (Wildman–Crippen LogP) is 4.57. The van der Waals surface area contributed by atoms with Crippen molar-refractivity contribution >= 4 is 11.9 Å². The maximum atomic E-state index is 13.0. The second-order valence-electron chi connectivity index (χ2n) is 7.03. The Bertz CT molecular complexity index is 1190. The molecule has 0 heterocycles. The van der Waals surface area contributed by atoms with E-state index in [9.17, 15) is 14.0 Å². The van der Waals surface area contributed by atoms with Gasteiger partial charge in [-0.3, -0.25) is 0 Å². The van der Waals surface area contributed by atoms with Gasteiger partial charge < -0.3 is 18.9 Å². The lowest BCUT2D eigenvalue weighted by molar-refractivity contribution is -0.139. The van der Waals surface area contributed by atoms with Crippen LogP contribution in [-0.4, -0.2) is 38.4 Å². The monoisotopic (exact) mass is 474 g/mol. The van der Waals surface area contributed by atoms with Crippen LogP contribution >= 0.6 is 0 Å². The highest BCUT2D eigenvalue weighted by Crippen LogP contribution is 2.17. The van der Waals surface area contributed by atoms with E-state index in [1.165, 1.54) is 12.1 Å². The van der Waals surface area contributed by atoms with Crippen molar-refractivity contribution in [3.8, 4) is 23.3 Å². The molecule has 0 aromatic heterocycles. The smallest absolute Gasteiger partial charge is 0.343 e. The summed E-state index contributed by atoms with van der Waals surface area (Å²) in [5, 5.41) is 0. The normalized spacial score (nSPS) is 9.97. The van der Waals surface area contributed by atoms with Crippen LogP contribution in [-0.2, 0) is 14.3 Å². The van der Waals surface area contributed by atoms with Gasteiger partial charge in [-0.2, -0.15) is 0 Å². The Hall–Kier alpha value is -4.41. The van der Waals surface area contributed by atoms with Gasteiger partial charge in [-0.1, -0.05) is 18.4 Å². The van der Waals surface area contributed by atoms with E-state index < -0.39 is 11.9 Å². The van der Waals surface area contributed by atoms with Crippen molar-refractivity contribution in [2.75, 3.05) is 26.4 Å². The standard InChI is InChI=1S/C28H23FO6/c1-2-27(30)34-20-18-32-17-19-33-25-15-9-23(10-16-25)28(31)35-26-13-7-22(8-14-26)4-3-21-5-11-24(29)12-6-21/h2,5-16H,1,17-20H2. The molecule has 0 fully saturated rings. The Morgan fingerprint density at radius 2 is 1.34 bits per heavy atom. The Balaban J connectivity index is 1.41. The average Bonchev–Trinajstić information content (AvgIpc) is 2.88. The third kappa shape index (κ3) is 8.80. The minimum Gasteiger partial charge on any atom is -0.491 e. The van der Waals surface area contributed by atoms with Gasteiger partial charge in [0, 0.05) is 17.2 Å². The lowest BCUT2D eigenvalue weighted by atomic mass is 10.2. The Kier molecular flexibility index (Phi) is 9.61. The molecule has 0 spiro atoms. The zero-order valence-corrected chi connectivity index (χ0v) is 18.9. The molecule has 6 nitrogen and oxygen atoms in total. The molecule has 0 amide bonds. The fourth-order valence-corrected chi connectivity index (χ4v) is 2.72. The van der Waals surface area contributed by atoms with Crippen molar-refractivity contribution in [1.82, 2.24) is 0 Å². The van der Waals surface area contributed by atoms with Crippen LogP contribution in [0, 0.1) is 17.7 Å². The van der Waals surface area contributed by atoms with E-state index in [-0.39, 0.29) is 19.0 Å². The van der Waals surface area contributed by atoms with E-state index in [4.69, 9.17) is 18.9 Å². The van der Waals surface area contributed by atoms with Crippen molar-refractivity contribution in [1.29, 1.82) is 0 Å². The molecule has 35 heavy (non-hydrogen) atoms. The maximum absolute atomic E-state index is 13.0. The molecule has 3 aromatic rings. The van der Waals surface area contributed by atoms with E-state index >= 15 is 0 Å². The number of benzene rings is 3. The van der Waals surface area contributed by atoms with E-state index in [2.05, 4.69) is 18.4 Å². The average molecular weight is 474 g/mol. The minimum atomic E-state index is -0.501. The number of hydrogen-bond acceptors (Lipinski definition) is 6. The van der Waals surface area contributed by atoms with E-state index in [0.29, 0.717) is 35.8 Å². The second kappa shape index (κ2) is 13.3. The van der Waals surface area contributed by atoms with Crippen LogP contribution in [0.3, 0.4) is 0 Å². The molecule has 7 heteroatoms. The molecule has 0 atom stereocenters. The minimum absolute atomic E-state index is 0.147. The molecule has 0 unspecified atom stereocenters. The quantitative estimate of drug-likeness (QED) is 0.141. The van der Waals surface area contributed by atoms with E-state index in [0.717, 1.165) is 11.6 Å². The fourth-order valence-electron chi connectivity index (χ4n) is 2.72. The summed E-state index contributed by atoms with van der Waals surface area (Å²) in [6, 6.07) is 19.2. The third-order valence-electron chi connectivity index (χ3n) is 4.49. The number of hydrogen-bond donors (Lipinski definition) is 0. The summed E-state index contributed by atoms with van der Waals surface area (Å²) in [6.45, 7) is 4.33. The van der Waals surface area contributed by atoms with Gasteiger partial charge >= 0.3 is 11.9 Å². The van der Waals surface area contributed by atoms with Crippen molar-refractivity contribution < 1.29 is 32.9 Å². The molecule has 3 aromatic carbocycles. The van der Waals surface area contributed by atoms with Crippen LogP contribution in [0.25, 0.3) is 0 Å². The fraction of sp³-hybridized carbons (Fsp3) is 0.143. The van der Waals surface area contributed by atoms with Gasteiger partial charge in [0.05, 0.1) is 18.8 Å². The molecule has 178 valence electrons. The van der Waals surface area contributed by atoms with Crippen LogP contribution in [0.15, 0.2) is 85.5 Å². The second-order valence-corrected chi connectivity index (χ2v) is 7.03. The lowest BCUT2D eigenvalue weighted by Crippen LogP contribution is -2.12. The van der Waals surface area contributed by atoms with E-state index in [1.54, 1.807) is 60.7 Å². The lowest BCUT2D eigenvalue weighted by Gasteiger charge is -2.08. The first-order valence-corrected chi connectivity index (χ1v) is 10.7. The van der Waals surface area contributed by atoms with E-state index in [1.807, 2.05) is 0 Å². The number of halogens is 1. The Morgan fingerprint density at radius 1 is 0.771 bits per heavy atom. The molecule has 0 N–H and O–H groups in total. The number of ether oxygens (including phenoxy) is 4. The summed E-state index contributed by atoms with van der Waals surface area (Å²) in [5.74, 6) is 5.59. The molecular weight excluding hydrogens is 451 g/mol. The molecule has 0 saturated heterocycles. The highest BCUT2D eigenvalue weighted by molar-refractivity contribution is 5.91. The molecule has 0 bridgehead atoms. The van der Waals surface area contributed by atoms with Gasteiger partial charge in [-0.05, 0) is 72.8 Å². The Labute approximate surface area is 202 Å². The number of esters is 2. The number of rotatable bonds is 10. The third-order valence-corrected chi connectivity index (χ3v) is 4.49. The van der Waals surface area contributed by atoms with Crippen LogP contribution in [0.4, 0.5) is 4.39 Å². The first kappa shape index (κ1) is 25.2. The van der Waals surface area contributed by atoms with Crippen LogP contribution < -0.4 is 9.47 Å². The molecule has 0 aliphatic rings. The largest absolute Gasteiger partial charge is 0.491 e. The van der Waals surface area contributed by atoms with Crippen LogP contribution in [0.2, 0.25) is 0 Å². The van der Waals surface area contributed by atoms with Gasteiger partial charge in [-0.15, -0.1) is 0 Å². The molecule has 0 aliphatic carbocycles. The Morgan fingerprint density at radius 3 is 1.97 bits per heavy atom. The van der Waals surface area contributed by atoms with Crippen LogP contribution in [0.1, 0.15) is 21.5 Å². The summed E-state index contributed by atoms with van der Waals surface area (Å²) >= 11 is 0. The zero-order valence-electron chi connectivity index (χ0n) is 18.9. The van der Waals surface area contributed by atoms with Gasteiger partial charge in [0.1, 0.15) is 30.5 Å². The SMILES string of the molecule is C=CC(=O)OCCOCCOc1ccc(C(=O)Oc2ccc(C#Cc3ccc(F)cc3)cc2)cc1. The molecule has 3 rings (SSSR count). The predicted molar refractivity (Wildman–Crippen MR) is 128 cm³/mol. The van der Waals surface area contributed by atoms with Crippen molar-refractivity contribution in [3.05, 3.63) is 108 Å². The summed E-state index contributed by atoms with van der Waals surface area (Å²) in [6.07, 6.45) is 1.09. The van der Waals surface area contributed by atoms with Crippen LogP contribution in [0.5, 0.6) is 11.5 Å². The first-order chi connectivity index (χ1) is 17.0. The number of carbonyl (C=O) groups excluding carboxylic acids is 2. The first-order valence-electron chi connectivity index (χ1n) is 10.7. The topological polar surface area (TPSA) is 71.1 Å². The molecule has 0 radical (unpaired) electrons. The zero-order chi connectivity index (χ0) is 24.9. The summed E-state index contributed by atoms with van der Waals surface area (Å²) in [7, 11) is 0. The highest BCUT2D eigenvalue weighted by Gasteiger charge is 2.09. The van der Waals surface area contributed by atoms with Gasteiger partial charge in [-0.25, -0.2) is 14.0 Å². The molecule has 0 aliphatic heterocycles. The highest BCUT2D eigenvalue weighted by atomic mass is 19.1. The van der Waals surface area contributed by atoms with Crippen molar-refractivity contribution in [3.63, 3.8) is 0 Å². The van der Waals surface area contributed by atoms with Crippen molar-refractivity contribution in [2.45, 2.75) is 0 Å². The number of carbonyl (C=O) groups is 2. The van der Waals surface area contributed by atoms with Crippen molar-refractivity contribution in [2.24, 2.45) is 0 Å². The van der Waals surface area contributed by atoms with Gasteiger partial charge in [0.25, 0.3) is 0 Å². The molecular formula is C28H23FO6. The van der Waals surface area contributed by atoms with Gasteiger partial charge in [0.15, 0.2) is 0 Å². The molecule has 0 saturated carbocycles. The maximum Gasteiger partial charge on any atom is 0.343 e.